The van der Waals surface area contributed by atoms with Gasteiger partial charge in [0.2, 0.25) is 0 Å². The van der Waals surface area contributed by atoms with Crippen LogP contribution in [0.2, 0.25) is 0 Å². The Kier molecular flexibility index (Phi) is 7.14. The number of fused-ring (bicyclic) bond motifs is 3. The zero-order valence-corrected chi connectivity index (χ0v) is 22.8. The first-order chi connectivity index (χ1) is 16.9. The fourth-order valence-electron chi connectivity index (χ4n) is 4.40. The van der Waals surface area contributed by atoms with Crippen molar-refractivity contribution in [3.8, 4) is 11.4 Å². The number of carbonyl (C=O) groups excluding carboxylic acids is 1. The monoisotopic (exact) mass is 568 g/mol. The van der Waals surface area contributed by atoms with Gasteiger partial charge in [0.1, 0.15) is 10.6 Å². The van der Waals surface area contributed by atoms with Gasteiger partial charge in [-0.15, -0.1) is 11.3 Å². The molecule has 0 N–H and O–H groups in total. The Hall–Kier alpha value is -2.42. The van der Waals surface area contributed by atoms with Crippen molar-refractivity contribution >= 4 is 55.0 Å². The van der Waals surface area contributed by atoms with Gasteiger partial charge in [-0.2, -0.15) is 0 Å². The lowest BCUT2D eigenvalue weighted by molar-refractivity contribution is 0.102. The van der Waals surface area contributed by atoms with E-state index in [1.165, 1.54) is 16.6 Å². The number of ketones is 1. The van der Waals surface area contributed by atoms with Gasteiger partial charge in [-0.1, -0.05) is 46.7 Å². The summed E-state index contributed by atoms with van der Waals surface area (Å²) in [6.45, 7) is 4.77. The van der Waals surface area contributed by atoms with Gasteiger partial charge >= 0.3 is 0 Å². The van der Waals surface area contributed by atoms with E-state index >= 15 is 0 Å². The highest BCUT2D eigenvalue weighted by atomic mass is 79.9. The first-order valence-corrected chi connectivity index (χ1v) is 14.3. The van der Waals surface area contributed by atoms with Crippen molar-refractivity contribution in [3.05, 3.63) is 79.4 Å². The molecule has 1 aliphatic carbocycles. The van der Waals surface area contributed by atoms with Crippen molar-refractivity contribution in [2.75, 3.05) is 12.4 Å². The number of hydrogen-bond donors (Lipinski definition) is 0. The summed E-state index contributed by atoms with van der Waals surface area (Å²) in [7, 11) is 0. The molecule has 5 nitrogen and oxygen atoms in total. The summed E-state index contributed by atoms with van der Waals surface area (Å²) in [6.07, 6.45) is 2.98. The predicted molar refractivity (Wildman–Crippen MR) is 147 cm³/mol. The maximum Gasteiger partial charge on any atom is 0.267 e. The number of carbonyl (C=O) groups is 1. The van der Waals surface area contributed by atoms with E-state index in [-0.39, 0.29) is 17.1 Å². The molecule has 1 unspecified atom stereocenters. The van der Waals surface area contributed by atoms with Crippen molar-refractivity contribution in [3.63, 3.8) is 0 Å². The van der Waals surface area contributed by atoms with Gasteiger partial charge in [-0.25, -0.2) is 4.98 Å². The molecule has 4 aromatic rings. The number of halogens is 1. The fraction of sp³-hybridized carbons (Fsp3) is 0.296. The zero-order chi connectivity index (χ0) is 24.5. The Morgan fingerprint density at radius 3 is 2.66 bits per heavy atom. The molecule has 180 valence electrons. The van der Waals surface area contributed by atoms with Gasteiger partial charge in [0, 0.05) is 14.9 Å². The second-order valence-corrected chi connectivity index (χ2v) is 11.7. The van der Waals surface area contributed by atoms with E-state index in [1.54, 1.807) is 28.0 Å². The Bertz CT molecular complexity index is 1440. The number of nitrogens with zero attached hydrogens (tertiary/aromatic N) is 2. The first-order valence-electron chi connectivity index (χ1n) is 11.7. The smallest absolute Gasteiger partial charge is 0.267 e. The molecule has 1 aliphatic rings. The largest absolute Gasteiger partial charge is 0.494 e. The second-order valence-electron chi connectivity index (χ2n) is 8.71. The van der Waals surface area contributed by atoms with Crippen molar-refractivity contribution in [2.24, 2.45) is 5.92 Å². The molecule has 0 saturated carbocycles. The number of thiophene rings is 1. The summed E-state index contributed by atoms with van der Waals surface area (Å²) in [6, 6.07) is 14.8. The molecule has 0 radical (unpaired) electrons. The van der Waals surface area contributed by atoms with E-state index in [4.69, 9.17) is 9.72 Å². The molecule has 35 heavy (non-hydrogen) atoms. The fourth-order valence-corrected chi connectivity index (χ4v) is 7.00. The van der Waals surface area contributed by atoms with Gasteiger partial charge in [0.25, 0.3) is 5.56 Å². The molecule has 0 saturated heterocycles. The minimum Gasteiger partial charge on any atom is -0.494 e. The maximum absolute atomic E-state index is 13.9. The van der Waals surface area contributed by atoms with E-state index in [9.17, 15) is 9.59 Å². The molecule has 5 rings (SSSR count). The van der Waals surface area contributed by atoms with Crippen LogP contribution in [0.1, 0.15) is 41.1 Å². The third kappa shape index (κ3) is 4.97. The normalized spacial score (nSPS) is 15.2. The number of aromatic nitrogens is 2. The van der Waals surface area contributed by atoms with Crippen LogP contribution in [0.25, 0.3) is 15.9 Å². The van der Waals surface area contributed by atoms with E-state index < -0.39 is 0 Å². The van der Waals surface area contributed by atoms with Crippen molar-refractivity contribution in [2.45, 2.75) is 38.3 Å². The number of rotatable bonds is 7. The number of aryl methyl sites for hydroxylation is 1. The first kappa shape index (κ1) is 24.3. The van der Waals surface area contributed by atoms with Crippen LogP contribution in [0, 0.1) is 5.92 Å². The molecule has 0 bridgehead atoms. The molecule has 0 spiro atoms. The van der Waals surface area contributed by atoms with Crippen LogP contribution in [0.5, 0.6) is 5.75 Å². The van der Waals surface area contributed by atoms with Crippen molar-refractivity contribution < 1.29 is 9.53 Å². The summed E-state index contributed by atoms with van der Waals surface area (Å²) in [5, 5.41) is 1.26. The molecular formula is C27H25BrN2O3S2. The Labute approximate surface area is 220 Å². The highest BCUT2D eigenvalue weighted by Crippen LogP contribution is 2.37. The topological polar surface area (TPSA) is 61.2 Å². The molecule has 2 aromatic heterocycles. The number of thioether (sulfide) groups is 1. The van der Waals surface area contributed by atoms with Crippen LogP contribution in [0.3, 0.4) is 0 Å². The van der Waals surface area contributed by atoms with Crippen LogP contribution < -0.4 is 10.3 Å². The van der Waals surface area contributed by atoms with E-state index in [1.807, 2.05) is 43.3 Å². The average Bonchev–Trinajstić information content (AvgIpc) is 3.21. The van der Waals surface area contributed by atoms with E-state index in [2.05, 4.69) is 22.9 Å². The number of ether oxygens (including phenoxy) is 1. The minimum absolute atomic E-state index is 0.00520. The van der Waals surface area contributed by atoms with Crippen LogP contribution in [-0.2, 0) is 12.8 Å². The lowest BCUT2D eigenvalue weighted by Crippen LogP contribution is -2.23. The van der Waals surface area contributed by atoms with Gasteiger partial charge < -0.3 is 4.74 Å². The predicted octanol–water partition coefficient (Wildman–Crippen LogP) is 6.71. The van der Waals surface area contributed by atoms with Gasteiger partial charge in [0.05, 0.1) is 23.4 Å². The van der Waals surface area contributed by atoms with Crippen LogP contribution in [0.15, 0.2) is 63.0 Å². The molecular weight excluding hydrogens is 544 g/mol. The highest BCUT2D eigenvalue weighted by molar-refractivity contribution is 9.10. The van der Waals surface area contributed by atoms with Crippen LogP contribution in [-0.4, -0.2) is 27.7 Å². The summed E-state index contributed by atoms with van der Waals surface area (Å²) < 4.78 is 8.16. The molecule has 0 fully saturated rings. The lowest BCUT2D eigenvalue weighted by atomic mass is 9.89. The average molecular weight is 570 g/mol. The molecule has 2 aromatic carbocycles. The van der Waals surface area contributed by atoms with Crippen LogP contribution in [0.4, 0.5) is 0 Å². The third-order valence-corrected chi connectivity index (χ3v) is 8.82. The molecule has 0 amide bonds. The van der Waals surface area contributed by atoms with Crippen molar-refractivity contribution in [1.29, 1.82) is 0 Å². The Balaban J connectivity index is 1.58. The molecule has 8 heteroatoms. The maximum atomic E-state index is 13.9. The Morgan fingerprint density at radius 1 is 1.20 bits per heavy atom. The summed E-state index contributed by atoms with van der Waals surface area (Å²) in [5.74, 6) is 1.55. The number of benzene rings is 2. The zero-order valence-electron chi connectivity index (χ0n) is 19.5. The minimum atomic E-state index is -0.0650. The van der Waals surface area contributed by atoms with E-state index in [0.29, 0.717) is 23.2 Å². The standard InChI is InChI=1S/C27H25BrN2O3S2/c1-3-33-20-11-9-19(10-12-20)30-26(32)24-21-13-4-16(2)14-23(21)35-25(24)29-27(30)34-15-22(31)17-5-7-18(28)8-6-17/h5-12,16H,3-4,13-15H2,1-2H3. The molecule has 0 aliphatic heterocycles. The molecule has 2 heterocycles. The Morgan fingerprint density at radius 2 is 1.94 bits per heavy atom. The quantitative estimate of drug-likeness (QED) is 0.141. The number of Topliss-reactive ketones (excluding diaryl/α,β-unsaturated/α-hetero) is 1. The highest BCUT2D eigenvalue weighted by Gasteiger charge is 2.25. The summed E-state index contributed by atoms with van der Waals surface area (Å²) >= 11 is 6.34. The molecule has 1 atom stereocenters. The third-order valence-electron chi connectivity index (χ3n) is 6.20. The number of hydrogen-bond acceptors (Lipinski definition) is 6. The van der Waals surface area contributed by atoms with Gasteiger partial charge in [-0.05, 0) is 74.1 Å². The van der Waals surface area contributed by atoms with E-state index in [0.717, 1.165) is 51.0 Å². The summed E-state index contributed by atoms with van der Waals surface area (Å²) in [4.78, 5) is 33.8. The van der Waals surface area contributed by atoms with Crippen LogP contribution >= 0.6 is 39.0 Å². The van der Waals surface area contributed by atoms with Gasteiger partial charge in [-0.3, -0.25) is 14.2 Å². The second kappa shape index (κ2) is 10.3. The van der Waals surface area contributed by atoms with Gasteiger partial charge in [0.15, 0.2) is 10.9 Å². The van der Waals surface area contributed by atoms with Crippen molar-refractivity contribution in [1.82, 2.24) is 9.55 Å². The summed E-state index contributed by atoms with van der Waals surface area (Å²) in [5.41, 5.74) is 2.44. The SMILES string of the molecule is CCOc1ccc(-n2c(SCC(=O)c3ccc(Br)cc3)nc3sc4c(c3c2=O)CCC(C)C4)cc1. The lowest BCUT2D eigenvalue weighted by Gasteiger charge is -2.18.